The van der Waals surface area contributed by atoms with Gasteiger partial charge < -0.3 is 4.74 Å². The maximum Gasteiger partial charge on any atom is 0.416 e. The van der Waals surface area contributed by atoms with Gasteiger partial charge in [-0.25, -0.2) is 0 Å². The van der Waals surface area contributed by atoms with Crippen LogP contribution in [-0.4, -0.2) is 55.7 Å². The van der Waals surface area contributed by atoms with E-state index in [1.165, 1.54) is 12.1 Å². The molecule has 0 N–H and O–H groups in total. The zero-order valence-corrected chi connectivity index (χ0v) is 13.6. The van der Waals surface area contributed by atoms with E-state index in [1.807, 2.05) is 4.90 Å². The van der Waals surface area contributed by atoms with Crippen molar-refractivity contribution < 1.29 is 17.9 Å². The number of morpholine rings is 1. The molecule has 7 heteroatoms. The van der Waals surface area contributed by atoms with Crippen molar-refractivity contribution in [1.29, 1.82) is 5.26 Å². The lowest BCUT2D eigenvalue weighted by Crippen LogP contribution is -2.41. The second kappa shape index (κ2) is 9.02. The summed E-state index contributed by atoms with van der Waals surface area (Å²) in [6, 6.07) is 7.71. The molecule has 0 spiro atoms. The number of hydrogen-bond donors (Lipinski definition) is 0. The van der Waals surface area contributed by atoms with Crippen molar-refractivity contribution in [3.63, 3.8) is 0 Å². The minimum absolute atomic E-state index is 0.196. The fourth-order valence-electron chi connectivity index (χ4n) is 2.76. The molecule has 2 rings (SSSR count). The highest BCUT2D eigenvalue weighted by Gasteiger charge is 2.33. The van der Waals surface area contributed by atoms with E-state index < -0.39 is 11.7 Å². The molecule has 0 bridgehead atoms. The molecular formula is C17H22F3N3O. The van der Waals surface area contributed by atoms with Crippen LogP contribution in [0.5, 0.6) is 0 Å². The summed E-state index contributed by atoms with van der Waals surface area (Å²) in [5.41, 5.74) is -0.344. The molecular weight excluding hydrogens is 319 g/mol. The Bertz CT molecular complexity index is 551. The molecule has 0 unspecified atom stereocenters. The number of nitrogens with zero attached hydrogens (tertiary/aromatic N) is 3. The molecule has 0 atom stereocenters. The Morgan fingerprint density at radius 3 is 2.54 bits per heavy atom. The first-order valence-corrected chi connectivity index (χ1v) is 8.05. The van der Waals surface area contributed by atoms with Crippen LogP contribution in [0.15, 0.2) is 24.3 Å². The predicted molar refractivity (Wildman–Crippen MR) is 84.2 cm³/mol. The van der Waals surface area contributed by atoms with Gasteiger partial charge in [-0.3, -0.25) is 9.80 Å². The Hall–Kier alpha value is -1.62. The summed E-state index contributed by atoms with van der Waals surface area (Å²) in [6.07, 6.45) is -4.06. The predicted octanol–water partition coefficient (Wildman–Crippen LogP) is 2.75. The van der Waals surface area contributed by atoms with Crippen LogP contribution in [0.25, 0.3) is 0 Å². The highest BCUT2D eigenvalue weighted by Crippen LogP contribution is 2.32. The monoisotopic (exact) mass is 341 g/mol. The van der Waals surface area contributed by atoms with Crippen molar-refractivity contribution in [2.45, 2.75) is 19.1 Å². The Labute approximate surface area is 140 Å². The molecule has 1 fully saturated rings. The van der Waals surface area contributed by atoms with Crippen LogP contribution >= 0.6 is 0 Å². The fraction of sp³-hybridized carbons (Fsp3) is 0.588. The van der Waals surface area contributed by atoms with Gasteiger partial charge in [-0.1, -0.05) is 18.2 Å². The number of nitriles is 1. The average Bonchev–Trinajstić information content (AvgIpc) is 2.57. The smallest absolute Gasteiger partial charge is 0.379 e. The van der Waals surface area contributed by atoms with E-state index in [0.717, 1.165) is 25.7 Å². The highest BCUT2D eigenvalue weighted by atomic mass is 19.4. The summed E-state index contributed by atoms with van der Waals surface area (Å²) >= 11 is 0. The number of ether oxygens (including phenoxy) is 1. The molecule has 0 amide bonds. The maximum atomic E-state index is 13.1. The zero-order chi connectivity index (χ0) is 17.4. The Morgan fingerprint density at radius 1 is 1.17 bits per heavy atom. The number of alkyl halides is 3. The molecule has 0 aliphatic carbocycles. The number of rotatable bonds is 7. The van der Waals surface area contributed by atoms with Crippen LogP contribution in [0.3, 0.4) is 0 Å². The van der Waals surface area contributed by atoms with Crippen molar-refractivity contribution in [3.8, 4) is 6.07 Å². The lowest BCUT2D eigenvalue weighted by atomic mass is 10.1. The Balaban J connectivity index is 2.01. The van der Waals surface area contributed by atoms with Crippen molar-refractivity contribution in [3.05, 3.63) is 35.4 Å². The molecule has 132 valence electrons. The number of halogens is 3. The average molecular weight is 341 g/mol. The van der Waals surface area contributed by atoms with Gasteiger partial charge in [-0.15, -0.1) is 0 Å². The molecule has 1 aromatic rings. The minimum Gasteiger partial charge on any atom is -0.379 e. The third kappa shape index (κ3) is 5.78. The highest BCUT2D eigenvalue weighted by molar-refractivity contribution is 5.29. The summed E-state index contributed by atoms with van der Waals surface area (Å²) in [5, 5.41) is 8.80. The Kier molecular flexibility index (Phi) is 7.03. The first-order valence-electron chi connectivity index (χ1n) is 8.05. The summed E-state index contributed by atoms with van der Waals surface area (Å²) in [6.45, 7) is 5.12. The second-order valence-corrected chi connectivity index (χ2v) is 5.79. The molecule has 0 saturated carbocycles. The number of hydrogen-bond acceptors (Lipinski definition) is 4. The van der Waals surface area contributed by atoms with Crippen LogP contribution in [0.1, 0.15) is 17.5 Å². The van der Waals surface area contributed by atoms with E-state index in [0.29, 0.717) is 32.7 Å². The van der Waals surface area contributed by atoms with Crippen LogP contribution in [0.2, 0.25) is 0 Å². The van der Waals surface area contributed by atoms with Gasteiger partial charge >= 0.3 is 6.18 Å². The van der Waals surface area contributed by atoms with Crippen molar-refractivity contribution in [1.82, 2.24) is 9.80 Å². The van der Waals surface area contributed by atoms with Gasteiger partial charge in [-0.2, -0.15) is 18.4 Å². The Morgan fingerprint density at radius 2 is 1.88 bits per heavy atom. The van der Waals surface area contributed by atoms with E-state index in [2.05, 4.69) is 11.0 Å². The van der Waals surface area contributed by atoms with Crippen LogP contribution in [0.4, 0.5) is 13.2 Å². The van der Waals surface area contributed by atoms with Crippen molar-refractivity contribution >= 4 is 0 Å². The fourth-order valence-corrected chi connectivity index (χ4v) is 2.76. The maximum absolute atomic E-state index is 13.1. The lowest BCUT2D eigenvalue weighted by Gasteiger charge is -2.30. The third-order valence-corrected chi connectivity index (χ3v) is 4.09. The van der Waals surface area contributed by atoms with Crippen molar-refractivity contribution in [2.75, 3.05) is 45.9 Å². The third-order valence-electron chi connectivity index (χ3n) is 4.09. The molecule has 1 aliphatic heterocycles. The van der Waals surface area contributed by atoms with Crippen molar-refractivity contribution in [2.24, 2.45) is 0 Å². The van der Waals surface area contributed by atoms with E-state index in [-0.39, 0.29) is 12.1 Å². The molecule has 4 nitrogen and oxygen atoms in total. The van der Waals surface area contributed by atoms with E-state index in [9.17, 15) is 13.2 Å². The molecule has 1 heterocycles. The molecule has 1 saturated heterocycles. The van der Waals surface area contributed by atoms with Gasteiger partial charge in [0.05, 0.1) is 24.8 Å². The van der Waals surface area contributed by atoms with Crippen LogP contribution < -0.4 is 0 Å². The molecule has 0 radical (unpaired) electrons. The summed E-state index contributed by atoms with van der Waals surface area (Å²) in [7, 11) is 0. The standard InChI is InChI=1S/C17H22F3N3O/c18-17(19,20)16-5-2-1-4-15(16)14-23(7-3-6-21)9-8-22-10-12-24-13-11-22/h1-2,4-5H,3,7-14H2. The van der Waals surface area contributed by atoms with E-state index in [4.69, 9.17) is 10.00 Å². The quantitative estimate of drug-likeness (QED) is 0.765. The minimum atomic E-state index is -4.36. The summed E-state index contributed by atoms with van der Waals surface area (Å²) in [5.74, 6) is 0. The summed E-state index contributed by atoms with van der Waals surface area (Å²) in [4.78, 5) is 4.15. The normalized spacial score (nSPS) is 16.3. The van der Waals surface area contributed by atoms with Gasteiger partial charge in [0.1, 0.15) is 0 Å². The van der Waals surface area contributed by atoms with E-state index >= 15 is 0 Å². The lowest BCUT2D eigenvalue weighted by molar-refractivity contribution is -0.138. The second-order valence-electron chi connectivity index (χ2n) is 5.79. The van der Waals surface area contributed by atoms with E-state index in [1.54, 1.807) is 6.07 Å². The largest absolute Gasteiger partial charge is 0.416 e. The summed E-state index contributed by atoms with van der Waals surface area (Å²) < 4.78 is 44.7. The molecule has 24 heavy (non-hydrogen) atoms. The topological polar surface area (TPSA) is 39.5 Å². The van der Waals surface area contributed by atoms with Gasteiger partial charge in [-0.05, 0) is 11.6 Å². The molecule has 1 aliphatic rings. The first kappa shape index (κ1) is 18.7. The van der Waals surface area contributed by atoms with Gasteiger partial charge in [0.15, 0.2) is 0 Å². The van der Waals surface area contributed by atoms with Gasteiger partial charge in [0, 0.05) is 45.7 Å². The zero-order valence-electron chi connectivity index (χ0n) is 13.6. The van der Waals surface area contributed by atoms with Gasteiger partial charge in [0.2, 0.25) is 0 Å². The number of benzene rings is 1. The SMILES string of the molecule is N#CCCN(CCN1CCOCC1)Cc1ccccc1C(F)(F)F. The van der Waals surface area contributed by atoms with Crippen LogP contribution in [-0.2, 0) is 17.5 Å². The first-order chi connectivity index (χ1) is 11.5. The van der Waals surface area contributed by atoms with Crippen LogP contribution in [0, 0.1) is 11.3 Å². The molecule has 1 aromatic carbocycles. The van der Waals surface area contributed by atoms with Gasteiger partial charge in [0.25, 0.3) is 0 Å². The molecule has 0 aromatic heterocycles.